The van der Waals surface area contributed by atoms with Gasteiger partial charge in [0.2, 0.25) is 5.91 Å². The number of alkyl halides is 3. The molecule has 1 amide bonds. The standard InChI is InChI=1S/C19H33F3N4O2/c1-11(8-16-12(2)10-28-26-16)13-4-3-5-14(9-13)24-17(27)15-6-7-23-18(25-15)19(20,21)22/h11-16,18,23,25-26H,3-10H2,1-2H3,(H,24,27)/t11-,12?,13?,14?,15?,16?,18?/m0/s1. The summed E-state index contributed by atoms with van der Waals surface area (Å²) in [6.07, 6.45) is -0.872. The van der Waals surface area contributed by atoms with E-state index in [-0.39, 0.29) is 18.5 Å². The molecule has 3 aliphatic rings. The fraction of sp³-hybridized carbons (Fsp3) is 0.947. The van der Waals surface area contributed by atoms with E-state index in [9.17, 15) is 18.0 Å². The maximum Gasteiger partial charge on any atom is 0.417 e. The number of halogens is 3. The van der Waals surface area contributed by atoms with Gasteiger partial charge in [-0.25, -0.2) is 0 Å². The van der Waals surface area contributed by atoms with Crippen LogP contribution >= 0.6 is 0 Å². The Morgan fingerprint density at radius 3 is 2.75 bits per heavy atom. The van der Waals surface area contributed by atoms with Gasteiger partial charge in [0.1, 0.15) is 0 Å². The summed E-state index contributed by atoms with van der Waals surface area (Å²) in [5, 5.41) is 7.79. The zero-order valence-corrected chi connectivity index (χ0v) is 16.6. The molecule has 9 heteroatoms. The number of amides is 1. The van der Waals surface area contributed by atoms with Crippen LogP contribution in [-0.4, -0.2) is 49.5 Å². The maximum atomic E-state index is 12.9. The van der Waals surface area contributed by atoms with E-state index < -0.39 is 18.4 Å². The molecule has 0 aromatic rings. The average molecular weight is 406 g/mol. The second-order valence-corrected chi connectivity index (χ2v) is 8.79. The SMILES string of the molecule is CC1CONC1C[C@H](C)C1CCCC(NC(=O)C2CCNC(C(F)(F)F)N2)C1. The minimum absolute atomic E-state index is 0.0416. The van der Waals surface area contributed by atoms with Crippen molar-refractivity contribution >= 4 is 5.91 Å². The first-order valence-corrected chi connectivity index (χ1v) is 10.5. The second kappa shape index (κ2) is 9.28. The van der Waals surface area contributed by atoms with Crippen LogP contribution in [0.3, 0.4) is 0 Å². The van der Waals surface area contributed by atoms with Crippen LogP contribution in [0.5, 0.6) is 0 Å². The molecule has 0 aromatic heterocycles. The lowest BCUT2D eigenvalue weighted by Gasteiger charge is -2.37. The molecule has 2 saturated heterocycles. The molecule has 0 spiro atoms. The van der Waals surface area contributed by atoms with Gasteiger partial charge in [0.15, 0.2) is 6.17 Å². The summed E-state index contributed by atoms with van der Waals surface area (Å²) in [6.45, 7) is 5.35. The molecule has 1 saturated carbocycles. The van der Waals surface area contributed by atoms with E-state index in [4.69, 9.17) is 4.84 Å². The lowest BCUT2D eigenvalue weighted by Crippen LogP contribution is -2.64. The predicted octanol–water partition coefficient (Wildman–Crippen LogP) is 2.07. The lowest BCUT2D eigenvalue weighted by atomic mass is 9.75. The topological polar surface area (TPSA) is 74.4 Å². The van der Waals surface area contributed by atoms with E-state index in [2.05, 4.69) is 35.3 Å². The highest BCUT2D eigenvalue weighted by Gasteiger charge is 2.43. The molecule has 2 aliphatic heterocycles. The number of hydrogen-bond acceptors (Lipinski definition) is 5. The first kappa shape index (κ1) is 21.8. The van der Waals surface area contributed by atoms with Gasteiger partial charge in [-0.2, -0.15) is 18.7 Å². The van der Waals surface area contributed by atoms with Gasteiger partial charge in [0.05, 0.1) is 12.6 Å². The molecule has 0 radical (unpaired) electrons. The van der Waals surface area contributed by atoms with Gasteiger partial charge >= 0.3 is 6.18 Å². The van der Waals surface area contributed by atoms with Crippen molar-refractivity contribution in [2.45, 2.75) is 82.8 Å². The van der Waals surface area contributed by atoms with Gasteiger partial charge in [-0.05, 0) is 50.0 Å². The largest absolute Gasteiger partial charge is 0.417 e. The van der Waals surface area contributed by atoms with Crippen LogP contribution in [0.1, 0.15) is 52.4 Å². The van der Waals surface area contributed by atoms with E-state index >= 15 is 0 Å². The average Bonchev–Trinajstić information content (AvgIpc) is 3.06. The Hall–Kier alpha value is -0.900. The molecule has 7 atom stereocenters. The molecule has 3 fully saturated rings. The fourth-order valence-electron chi connectivity index (χ4n) is 4.70. The minimum Gasteiger partial charge on any atom is -0.352 e. The van der Waals surface area contributed by atoms with Crippen molar-refractivity contribution in [1.29, 1.82) is 0 Å². The molecule has 4 N–H and O–H groups in total. The zero-order valence-electron chi connectivity index (χ0n) is 16.6. The number of rotatable bonds is 5. The van der Waals surface area contributed by atoms with Crippen LogP contribution in [0.4, 0.5) is 13.2 Å². The van der Waals surface area contributed by atoms with Gasteiger partial charge in [-0.15, -0.1) is 0 Å². The highest BCUT2D eigenvalue weighted by molar-refractivity contribution is 5.82. The van der Waals surface area contributed by atoms with Crippen molar-refractivity contribution < 1.29 is 22.8 Å². The number of nitrogens with one attached hydrogen (secondary N) is 4. The van der Waals surface area contributed by atoms with Crippen molar-refractivity contribution in [1.82, 2.24) is 21.4 Å². The Labute approximate surface area is 164 Å². The molecule has 6 unspecified atom stereocenters. The van der Waals surface area contributed by atoms with Gasteiger partial charge < -0.3 is 10.2 Å². The van der Waals surface area contributed by atoms with Gasteiger partial charge in [-0.3, -0.25) is 15.4 Å². The third kappa shape index (κ3) is 5.58. The van der Waals surface area contributed by atoms with E-state index in [1.54, 1.807) is 0 Å². The summed E-state index contributed by atoms with van der Waals surface area (Å²) in [6, 6.07) is -0.394. The summed E-state index contributed by atoms with van der Waals surface area (Å²) in [5.74, 6) is 1.20. The Bertz CT molecular complexity index is 534. The summed E-state index contributed by atoms with van der Waals surface area (Å²) >= 11 is 0. The van der Waals surface area contributed by atoms with Crippen molar-refractivity contribution in [2.24, 2.45) is 17.8 Å². The van der Waals surface area contributed by atoms with Gasteiger partial charge in [0, 0.05) is 12.1 Å². The van der Waals surface area contributed by atoms with Crippen LogP contribution in [-0.2, 0) is 9.63 Å². The predicted molar refractivity (Wildman–Crippen MR) is 99.1 cm³/mol. The monoisotopic (exact) mass is 406 g/mol. The molecular formula is C19H33F3N4O2. The van der Waals surface area contributed by atoms with Crippen LogP contribution in [0.2, 0.25) is 0 Å². The number of carbonyl (C=O) groups is 1. The van der Waals surface area contributed by atoms with Crippen LogP contribution < -0.4 is 21.4 Å². The normalized spacial score (nSPS) is 38.2. The second-order valence-electron chi connectivity index (χ2n) is 8.79. The Balaban J connectivity index is 1.48. The van der Waals surface area contributed by atoms with E-state index in [1.165, 1.54) is 0 Å². The molecule has 0 aromatic carbocycles. The highest BCUT2D eigenvalue weighted by atomic mass is 19.4. The Morgan fingerprint density at radius 1 is 1.29 bits per heavy atom. The maximum absolute atomic E-state index is 12.9. The third-order valence-electron chi connectivity index (χ3n) is 6.55. The lowest BCUT2D eigenvalue weighted by molar-refractivity contribution is -0.170. The Morgan fingerprint density at radius 2 is 2.07 bits per heavy atom. The van der Waals surface area contributed by atoms with E-state index in [0.29, 0.717) is 30.2 Å². The smallest absolute Gasteiger partial charge is 0.352 e. The van der Waals surface area contributed by atoms with Gasteiger partial charge in [-0.1, -0.05) is 26.7 Å². The molecule has 6 nitrogen and oxygen atoms in total. The molecule has 0 bridgehead atoms. The number of carbonyl (C=O) groups excluding carboxylic acids is 1. The van der Waals surface area contributed by atoms with Gasteiger partial charge in [0.25, 0.3) is 0 Å². The minimum atomic E-state index is -4.40. The Kier molecular flexibility index (Phi) is 7.22. The van der Waals surface area contributed by atoms with Crippen molar-refractivity contribution in [3.63, 3.8) is 0 Å². The number of hydrogen-bond donors (Lipinski definition) is 4. The zero-order chi connectivity index (χ0) is 20.3. The quantitative estimate of drug-likeness (QED) is 0.563. The molecule has 2 heterocycles. The molecule has 162 valence electrons. The van der Waals surface area contributed by atoms with Crippen LogP contribution in [0.25, 0.3) is 0 Å². The number of hydroxylamine groups is 1. The summed E-state index contributed by atoms with van der Waals surface area (Å²) in [5.41, 5.74) is 3.10. The summed E-state index contributed by atoms with van der Waals surface area (Å²) < 4.78 is 38.7. The fourth-order valence-corrected chi connectivity index (χ4v) is 4.70. The van der Waals surface area contributed by atoms with Crippen LogP contribution in [0, 0.1) is 17.8 Å². The summed E-state index contributed by atoms with van der Waals surface area (Å²) in [4.78, 5) is 17.9. The first-order valence-electron chi connectivity index (χ1n) is 10.5. The van der Waals surface area contributed by atoms with E-state index in [1.807, 2.05) is 0 Å². The molecule has 3 rings (SSSR count). The van der Waals surface area contributed by atoms with Crippen molar-refractivity contribution in [2.75, 3.05) is 13.2 Å². The van der Waals surface area contributed by atoms with E-state index in [0.717, 1.165) is 38.7 Å². The molecule has 1 aliphatic carbocycles. The first-order chi connectivity index (χ1) is 13.2. The molecular weight excluding hydrogens is 373 g/mol. The summed E-state index contributed by atoms with van der Waals surface area (Å²) in [7, 11) is 0. The van der Waals surface area contributed by atoms with Crippen molar-refractivity contribution in [3.05, 3.63) is 0 Å². The highest BCUT2D eigenvalue weighted by Crippen LogP contribution is 2.34. The van der Waals surface area contributed by atoms with Crippen LogP contribution in [0.15, 0.2) is 0 Å². The molecule has 28 heavy (non-hydrogen) atoms. The van der Waals surface area contributed by atoms with Crippen molar-refractivity contribution in [3.8, 4) is 0 Å². The third-order valence-corrected chi connectivity index (χ3v) is 6.55.